The summed E-state index contributed by atoms with van der Waals surface area (Å²) >= 11 is 11.2. The summed E-state index contributed by atoms with van der Waals surface area (Å²) in [5.74, 6) is -0.586. The van der Waals surface area contributed by atoms with Crippen molar-refractivity contribution < 1.29 is 4.39 Å². The Balaban J connectivity index is 3.02. The van der Waals surface area contributed by atoms with Crippen molar-refractivity contribution in [1.82, 2.24) is 9.97 Å². The quantitative estimate of drug-likeness (QED) is 0.710. The zero-order chi connectivity index (χ0) is 10.3. The highest BCUT2D eigenvalue weighted by atomic mass is 35.5. The Morgan fingerprint density at radius 3 is 2.79 bits per heavy atom. The summed E-state index contributed by atoms with van der Waals surface area (Å²) in [6.45, 7) is 0. The molecule has 1 aromatic carbocycles. The van der Waals surface area contributed by atoms with Gasteiger partial charge in [0, 0.05) is 0 Å². The smallest absolute Gasteiger partial charge is 0.259 e. The molecule has 3 nitrogen and oxygen atoms in total. The lowest BCUT2D eigenvalue weighted by molar-refractivity contribution is 0.629. The minimum atomic E-state index is -0.586. The number of aromatic nitrogens is 2. The van der Waals surface area contributed by atoms with Crippen LogP contribution < -0.4 is 5.56 Å². The lowest BCUT2D eigenvalue weighted by atomic mass is 10.2. The SMILES string of the molecule is O=c1[nH]c(Cl)nc2c(Cl)cc(F)cc12. The van der Waals surface area contributed by atoms with Crippen molar-refractivity contribution in [3.05, 3.63) is 38.6 Å². The zero-order valence-corrected chi connectivity index (χ0v) is 8.16. The molecule has 0 aliphatic carbocycles. The number of nitrogens with zero attached hydrogens (tertiary/aromatic N) is 1. The molecule has 0 aliphatic heterocycles. The third-order valence-corrected chi connectivity index (χ3v) is 2.17. The van der Waals surface area contributed by atoms with Crippen molar-refractivity contribution in [1.29, 1.82) is 0 Å². The van der Waals surface area contributed by atoms with Gasteiger partial charge in [0.25, 0.3) is 5.56 Å². The van der Waals surface area contributed by atoms with Crippen LogP contribution in [0.3, 0.4) is 0 Å². The fourth-order valence-electron chi connectivity index (χ4n) is 1.14. The van der Waals surface area contributed by atoms with Crippen LogP contribution in [0.15, 0.2) is 16.9 Å². The normalized spacial score (nSPS) is 10.8. The van der Waals surface area contributed by atoms with Crippen LogP contribution in [0.4, 0.5) is 4.39 Å². The molecule has 0 saturated heterocycles. The van der Waals surface area contributed by atoms with Crippen LogP contribution in [0.25, 0.3) is 10.9 Å². The summed E-state index contributed by atoms with van der Waals surface area (Å²) in [6.07, 6.45) is 0. The van der Waals surface area contributed by atoms with Gasteiger partial charge >= 0.3 is 0 Å². The Hall–Kier alpha value is -1.13. The largest absolute Gasteiger partial charge is 0.297 e. The molecule has 0 unspecified atom stereocenters. The van der Waals surface area contributed by atoms with Gasteiger partial charge in [-0.2, -0.15) is 0 Å². The molecule has 72 valence electrons. The van der Waals surface area contributed by atoms with E-state index in [9.17, 15) is 9.18 Å². The van der Waals surface area contributed by atoms with Gasteiger partial charge < -0.3 is 0 Å². The second kappa shape index (κ2) is 3.22. The first-order valence-electron chi connectivity index (χ1n) is 3.62. The number of benzene rings is 1. The van der Waals surface area contributed by atoms with Gasteiger partial charge in [-0.05, 0) is 23.7 Å². The number of hydrogen-bond acceptors (Lipinski definition) is 2. The van der Waals surface area contributed by atoms with E-state index in [1.807, 2.05) is 0 Å². The molecular formula is C8H3Cl2FN2O. The molecule has 0 bridgehead atoms. The van der Waals surface area contributed by atoms with E-state index in [4.69, 9.17) is 23.2 Å². The fourth-order valence-corrected chi connectivity index (χ4v) is 1.56. The summed E-state index contributed by atoms with van der Waals surface area (Å²) in [5, 5.41) is 0.0726. The zero-order valence-electron chi connectivity index (χ0n) is 6.64. The number of rotatable bonds is 0. The molecule has 0 aliphatic rings. The van der Waals surface area contributed by atoms with Crippen LogP contribution in [0.5, 0.6) is 0 Å². The van der Waals surface area contributed by atoms with E-state index in [1.54, 1.807) is 0 Å². The van der Waals surface area contributed by atoms with Crippen LogP contribution in [0.2, 0.25) is 10.3 Å². The predicted molar refractivity (Wildman–Crippen MR) is 52.3 cm³/mol. The topological polar surface area (TPSA) is 45.8 Å². The summed E-state index contributed by atoms with van der Waals surface area (Å²) in [7, 11) is 0. The van der Waals surface area contributed by atoms with Crippen molar-refractivity contribution in [2.24, 2.45) is 0 Å². The van der Waals surface area contributed by atoms with Crippen LogP contribution >= 0.6 is 23.2 Å². The molecule has 0 radical (unpaired) electrons. The molecular weight excluding hydrogens is 230 g/mol. The Labute approximate surface area is 87.5 Å². The van der Waals surface area contributed by atoms with Crippen molar-refractivity contribution in [3.8, 4) is 0 Å². The van der Waals surface area contributed by atoms with Crippen molar-refractivity contribution in [2.45, 2.75) is 0 Å². The highest BCUT2D eigenvalue weighted by molar-refractivity contribution is 6.35. The first-order chi connectivity index (χ1) is 6.58. The molecule has 1 heterocycles. The highest BCUT2D eigenvalue weighted by Crippen LogP contribution is 2.21. The minimum Gasteiger partial charge on any atom is -0.297 e. The van der Waals surface area contributed by atoms with Crippen molar-refractivity contribution >= 4 is 34.1 Å². The van der Waals surface area contributed by atoms with Crippen LogP contribution in [-0.2, 0) is 0 Å². The summed E-state index contributed by atoms with van der Waals surface area (Å²) in [6, 6.07) is 2.13. The Morgan fingerprint density at radius 2 is 2.07 bits per heavy atom. The lowest BCUT2D eigenvalue weighted by Gasteiger charge is -1.99. The molecule has 0 amide bonds. The molecule has 14 heavy (non-hydrogen) atoms. The van der Waals surface area contributed by atoms with E-state index >= 15 is 0 Å². The number of nitrogens with one attached hydrogen (secondary N) is 1. The fraction of sp³-hybridized carbons (Fsp3) is 0. The average molecular weight is 233 g/mol. The first kappa shape index (κ1) is 9.43. The number of aromatic amines is 1. The summed E-state index contributed by atoms with van der Waals surface area (Å²) < 4.78 is 12.9. The standard InChI is InChI=1S/C8H3Cl2FN2O/c9-5-2-3(11)1-4-6(5)12-8(10)13-7(4)14/h1-2H,(H,12,13,14). The van der Waals surface area contributed by atoms with Crippen LogP contribution in [0.1, 0.15) is 0 Å². The molecule has 1 aromatic heterocycles. The van der Waals surface area contributed by atoms with Gasteiger partial charge in [0.15, 0.2) is 0 Å². The maximum atomic E-state index is 12.9. The van der Waals surface area contributed by atoms with Crippen molar-refractivity contribution in [2.75, 3.05) is 0 Å². The van der Waals surface area contributed by atoms with Gasteiger partial charge in [-0.1, -0.05) is 11.6 Å². The number of halogens is 3. The van der Waals surface area contributed by atoms with Gasteiger partial charge in [0.1, 0.15) is 5.82 Å². The molecule has 0 spiro atoms. The maximum absolute atomic E-state index is 12.9. The van der Waals surface area contributed by atoms with Gasteiger partial charge in [0.05, 0.1) is 15.9 Å². The lowest BCUT2D eigenvalue weighted by Crippen LogP contribution is -2.08. The summed E-state index contributed by atoms with van der Waals surface area (Å²) in [4.78, 5) is 17.3. The molecule has 0 saturated carbocycles. The van der Waals surface area contributed by atoms with Crippen LogP contribution in [-0.4, -0.2) is 9.97 Å². The van der Waals surface area contributed by atoms with E-state index in [0.717, 1.165) is 12.1 Å². The second-order valence-corrected chi connectivity index (χ2v) is 3.41. The van der Waals surface area contributed by atoms with Gasteiger partial charge in [-0.25, -0.2) is 9.37 Å². The molecule has 2 aromatic rings. The van der Waals surface area contributed by atoms with E-state index in [-0.39, 0.29) is 21.2 Å². The third kappa shape index (κ3) is 1.47. The van der Waals surface area contributed by atoms with E-state index < -0.39 is 11.4 Å². The average Bonchev–Trinajstić information content (AvgIpc) is 2.07. The van der Waals surface area contributed by atoms with E-state index in [2.05, 4.69) is 9.97 Å². The number of fused-ring (bicyclic) bond motifs is 1. The van der Waals surface area contributed by atoms with Crippen molar-refractivity contribution in [3.63, 3.8) is 0 Å². The minimum absolute atomic E-state index is 0.0630. The molecule has 6 heteroatoms. The predicted octanol–water partition coefficient (Wildman–Crippen LogP) is 2.37. The van der Waals surface area contributed by atoms with Gasteiger partial charge in [-0.3, -0.25) is 9.78 Å². The first-order valence-corrected chi connectivity index (χ1v) is 4.38. The Bertz CT molecular complexity index is 567. The van der Waals surface area contributed by atoms with Crippen LogP contribution in [0, 0.1) is 5.82 Å². The number of hydrogen-bond donors (Lipinski definition) is 1. The second-order valence-electron chi connectivity index (χ2n) is 2.64. The molecule has 0 fully saturated rings. The molecule has 0 atom stereocenters. The number of H-pyrrole nitrogens is 1. The Morgan fingerprint density at radius 1 is 1.36 bits per heavy atom. The highest BCUT2D eigenvalue weighted by Gasteiger charge is 2.08. The Kier molecular flexibility index (Phi) is 2.17. The maximum Gasteiger partial charge on any atom is 0.259 e. The van der Waals surface area contributed by atoms with E-state index in [0.29, 0.717) is 0 Å². The van der Waals surface area contributed by atoms with E-state index in [1.165, 1.54) is 0 Å². The molecule has 2 rings (SSSR count). The third-order valence-electron chi connectivity index (χ3n) is 1.70. The monoisotopic (exact) mass is 232 g/mol. The summed E-state index contributed by atoms with van der Waals surface area (Å²) in [5.41, 5.74) is -0.316. The van der Waals surface area contributed by atoms with Gasteiger partial charge in [0.2, 0.25) is 5.28 Å². The van der Waals surface area contributed by atoms with Gasteiger partial charge in [-0.15, -0.1) is 0 Å². The molecule has 1 N–H and O–H groups in total.